The molecule has 0 aliphatic carbocycles. The van der Waals surface area contributed by atoms with E-state index in [9.17, 15) is 0 Å². The van der Waals surface area contributed by atoms with Gasteiger partial charge in [-0.05, 0) is 17.9 Å². The van der Waals surface area contributed by atoms with E-state index in [0.717, 1.165) is 23.2 Å². The third-order valence-corrected chi connectivity index (χ3v) is 3.86. The van der Waals surface area contributed by atoms with Gasteiger partial charge in [-0.15, -0.1) is 0 Å². The molecule has 22 heavy (non-hydrogen) atoms. The molecule has 2 aliphatic rings. The molecular weight excluding hydrogens is 283 g/mol. The van der Waals surface area contributed by atoms with Crippen molar-refractivity contribution in [3.05, 3.63) is 23.8 Å². The first kappa shape index (κ1) is 15.8. The van der Waals surface area contributed by atoms with Crippen LogP contribution in [0.1, 0.15) is 32.1 Å². The molecule has 0 unspecified atom stereocenters. The van der Waals surface area contributed by atoms with Crippen LogP contribution in [0.25, 0.3) is 0 Å². The van der Waals surface area contributed by atoms with Gasteiger partial charge in [0.05, 0.1) is 20.3 Å². The molecule has 5 nitrogen and oxygen atoms in total. The smallest absolute Gasteiger partial charge is 0.493 e. The van der Waals surface area contributed by atoms with Crippen LogP contribution >= 0.6 is 0 Å². The second kappa shape index (κ2) is 6.58. The lowest BCUT2D eigenvalue weighted by Crippen LogP contribution is -2.47. The Hall–Kier alpha value is -1.08. The van der Waals surface area contributed by atoms with Gasteiger partial charge in [0.2, 0.25) is 0 Å². The van der Waals surface area contributed by atoms with E-state index < -0.39 is 0 Å². The lowest BCUT2D eigenvalue weighted by molar-refractivity contribution is -0.183. The van der Waals surface area contributed by atoms with Crippen LogP contribution in [0.3, 0.4) is 0 Å². The number of hydrogen-bond donors (Lipinski definition) is 0. The highest BCUT2D eigenvalue weighted by atomic mass is 16.7. The zero-order valence-electron chi connectivity index (χ0n) is 13.5. The molecule has 3 rings (SSSR count). The summed E-state index contributed by atoms with van der Waals surface area (Å²) < 4.78 is 28.5. The zero-order chi connectivity index (χ0) is 15.6. The Morgan fingerprint density at radius 3 is 2.45 bits per heavy atom. The summed E-state index contributed by atoms with van der Waals surface area (Å²) in [5, 5.41) is 0. The predicted molar refractivity (Wildman–Crippen MR) is 83.3 cm³/mol. The van der Waals surface area contributed by atoms with E-state index in [4.69, 9.17) is 23.5 Å². The van der Waals surface area contributed by atoms with Crippen molar-refractivity contribution in [1.29, 1.82) is 0 Å². The van der Waals surface area contributed by atoms with Crippen molar-refractivity contribution in [3.63, 3.8) is 0 Å². The molecule has 0 bridgehead atoms. The van der Waals surface area contributed by atoms with Gasteiger partial charge in [0, 0.05) is 24.2 Å². The fourth-order valence-corrected chi connectivity index (χ4v) is 2.64. The molecule has 2 aliphatic heterocycles. The van der Waals surface area contributed by atoms with Gasteiger partial charge in [0.15, 0.2) is 6.29 Å². The van der Waals surface area contributed by atoms with Gasteiger partial charge in [0.25, 0.3) is 0 Å². The van der Waals surface area contributed by atoms with Gasteiger partial charge < -0.3 is 23.5 Å². The summed E-state index contributed by atoms with van der Waals surface area (Å²) >= 11 is 0. The molecule has 0 amide bonds. The molecule has 120 valence electrons. The van der Waals surface area contributed by atoms with Crippen molar-refractivity contribution in [2.24, 2.45) is 5.41 Å². The molecule has 0 aromatic heterocycles. The zero-order valence-corrected chi connectivity index (χ0v) is 13.5. The maximum atomic E-state index is 5.85. The normalized spacial score (nSPS) is 22.6. The fourth-order valence-electron chi connectivity index (χ4n) is 2.64. The van der Waals surface area contributed by atoms with Crippen LogP contribution in [-0.4, -0.2) is 40.7 Å². The first-order valence-corrected chi connectivity index (χ1v) is 7.73. The molecule has 1 aromatic rings. The van der Waals surface area contributed by atoms with Crippen LogP contribution in [0.5, 0.6) is 5.75 Å². The maximum Gasteiger partial charge on any atom is 0.493 e. The second-order valence-electron chi connectivity index (χ2n) is 6.55. The van der Waals surface area contributed by atoms with E-state index >= 15 is 0 Å². The van der Waals surface area contributed by atoms with Crippen molar-refractivity contribution >= 4 is 12.6 Å². The Balaban J connectivity index is 1.81. The summed E-state index contributed by atoms with van der Waals surface area (Å²) in [6.45, 7) is 7.01. The van der Waals surface area contributed by atoms with E-state index in [2.05, 4.69) is 13.8 Å². The molecule has 0 atom stereocenters. The minimum atomic E-state index is -0.385. The Labute approximate surface area is 132 Å². The third-order valence-electron chi connectivity index (χ3n) is 3.86. The highest BCUT2D eigenvalue weighted by molar-refractivity contribution is 6.61. The molecule has 6 heteroatoms. The molecule has 0 spiro atoms. The largest absolute Gasteiger partial charge is 0.496 e. The van der Waals surface area contributed by atoms with Gasteiger partial charge >= 0.3 is 7.12 Å². The lowest BCUT2D eigenvalue weighted by Gasteiger charge is -2.33. The van der Waals surface area contributed by atoms with Gasteiger partial charge in [-0.2, -0.15) is 0 Å². The Morgan fingerprint density at radius 1 is 1.14 bits per heavy atom. The van der Waals surface area contributed by atoms with Crippen LogP contribution < -0.4 is 10.2 Å². The first-order valence-electron chi connectivity index (χ1n) is 7.73. The van der Waals surface area contributed by atoms with Gasteiger partial charge in [-0.3, -0.25) is 0 Å². The SMILES string of the molecule is COc1ccc(B2OCC(C)(C)CO2)cc1C1OCCCO1. The molecular formula is C16H23BO5. The fraction of sp³-hybridized carbons (Fsp3) is 0.625. The van der Waals surface area contributed by atoms with Crippen molar-refractivity contribution in [3.8, 4) is 5.75 Å². The summed E-state index contributed by atoms with van der Waals surface area (Å²) in [6.07, 6.45) is 0.534. The summed E-state index contributed by atoms with van der Waals surface area (Å²) in [4.78, 5) is 0. The minimum absolute atomic E-state index is 0.0569. The number of rotatable bonds is 3. The van der Waals surface area contributed by atoms with Gasteiger partial charge in [-0.25, -0.2) is 0 Å². The van der Waals surface area contributed by atoms with Crippen LogP contribution in [0.15, 0.2) is 18.2 Å². The predicted octanol–water partition coefficient (Wildman–Crippen LogP) is 1.90. The van der Waals surface area contributed by atoms with Crippen molar-refractivity contribution in [1.82, 2.24) is 0 Å². The summed E-state index contributed by atoms with van der Waals surface area (Å²) in [6, 6.07) is 5.88. The van der Waals surface area contributed by atoms with Crippen LogP contribution in [-0.2, 0) is 18.8 Å². The topological polar surface area (TPSA) is 46.2 Å². The standard InChI is InChI=1S/C16H23BO5/c1-16(2)10-21-17(22-11-16)12-5-6-14(18-3)13(9-12)15-19-7-4-8-20-15/h5-6,9,15H,4,7-8,10-11H2,1-3H3. The van der Waals surface area contributed by atoms with E-state index in [1.165, 1.54) is 0 Å². The summed E-state index contributed by atoms with van der Waals surface area (Å²) in [5.41, 5.74) is 1.90. The number of methoxy groups -OCH3 is 1. The summed E-state index contributed by atoms with van der Waals surface area (Å²) in [7, 11) is 1.30. The average molecular weight is 306 g/mol. The molecule has 2 saturated heterocycles. The number of benzene rings is 1. The molecule has 0 N–H and O–H groups in total. The molecule has 2 heterocycles. The third kappa shape index (κ3) is 3.46. The van der Waals surface area contributed by atoms with Crippen molar-refractivity contribution in [2.45, 2.75) is 26.6 Å². The van der Waals surface area contributed by atoms with E-state index in [1.54, 1.807) is 7.11 Å². The van der Waals surface area contributed by atoms with Crippen molar-refractivity contribution in [2.75, 3.05) is 33.5 Å². The first-order chi connectivity index (χ1) is 10.6. The van der Waals surface area contributed by atoms with Crippen LogP contribution in [0.4, 0.5) is 0 Å². The average Bonchev–Trinajstić information content (AvgIpc) is 2.55. The Kier molecular flexibility index (Phi) is 4.73. The number of ether oxygens (including phenoxy) is 3. The number of hydrogen-bond acceptors (Lipinski definition) is 5. The van der Waals surface area contributed by atoms with E-state index in [-0.39, 0.29) is 18.8 Å². The highest BCUT2D eigenvalue weighted by Gasteiger charge is 2.34. The molecule has 0 radical (unpaired) electrons. The molecule has 1 aromatic carbocycles. The maximum absolute atomic E-state index is 5.85. The summed E-state index contributed by atoms with van der Waals surface area (Å²) in [5.74, 6) is 0.756. The highest BCUT2D eigenvalue weighted by Crippen LogP contribution is 2.30. The van der Waals surface area contributed by atoms with Crippen LogP contribution in [0, 0.1) is 5.41 Å². The quantitative estimate of drug-likeness (QED) is 0.798. The Morgan fingerprint density at radius 2 is 1.82 bits per heavy atom. The Bertz CT molecular complexity index is 503. The van der Waals surface area contributed by atoms with E-state index in [0.29, 0.717) is 26.4 Å². The van der Waals surface area contributed by atoms with E-state index in [1.807, 2.05) is 18.2 Å². The monoisotopic (exact) mass is 306 g/mol. The van der Waals surface area contributed by atoms with Gasteiger partial charge in [-0.1, -0.05) is 26.0 Å². The minimum Gasteiger partial charge on any atom is -0.496 e. The van der Waals surface area contributed by atoms with Crippen LogP contribution in [0.2, 0.25) is 0 Å². The molecule has 0 saturated carbocycles. The second-order valence-corrected chi connectivity index (χ2v) is 6.55. The molecule has 2 fully saturated rings. The lowest BCUT2D eigenvalue weighted by atomic mass is 9.75. The van der Waals surface area contributed by atoms with Gasteiger partial charge in [0.1, 0.15) is 5.75 Å². The van der Waals surface area contributed by atoms with Crippen molar-refractivity contribution < 1.29 is 23.5 Å².